The van der Waals surface area contributed by atoms with Crippen LogP contribution in [0.5, 0.6) is 0 Å². The first-order valence-corrected chi connectivity index (χ1v) is 5.87. The molecule has 84 valence electrons. The first-order valence-electron chi connectivity index (χ1n) is 4.89. The molecule has 1 aromatic rings. The van der Waals surface area contributed by atoms with Gasteiger partial charge in [-0.25, -0.2) is 0 Å². The summed E-state index contributed by atoms with van der Waals surface area (Å²) in [4.78, 5) is 8.26. The topological polar surface area (TPSA) is 63.8 Å². The number of hydrogen-bond donors (Lipinski definition) is 2. The van der Waals surface area contributed by atoms with Crippen molar-refractivity contribution in [2.45, 2.75) is 31.6 Å². The van der Waals surface area contributed by atoms with Gasteiger partial charge in [0.15, 0.2) is 0 Å². The number of rotatable bonds is 4. The fraction of sp³-hybridized carbons (Fsp3) is 0.600. The van der Waals surface area contributed by atoms with E-state index in [-0.39, 0.29) is 10.8 Å². The van der Waals surface area contributed by atoms with E-state index in [1.54, 1.807) is 18.6 Å². The third-order valence-electron chi connectivity index (χ3n) is 1.82. The third-order valence-corrected chi connectivity index (χ3v) is 3.19. The van der Waals surface area contributed by atoms with Gasteiger partial charge in [0.2, 0.25) is 0 Å². The number of thioether (sulfide) groups is 1. The molecule has 0 aliphatic heterocycles. The minimum atomic E-state index is 0.0583. The van der Waals surface area contributed by atoms with E-state index in [0.717, 1.165) is 11.4 Å². The molecule has 1 unspecified atom stereocenters. The maximum atomic E-state index is 5.50. The highest BCUT2D eigenvalue weighted by molar-refractivity contribution is 8.00. The Balaban J connectivity index is 2.58. The first kappa shape index (κ1) is 12.4. The number of nitrogens with zero attached hydrogens (tertiary/aromatic N) is 2. The van der Waals surface area contributed by atoms with Crippen molar-refractivity contribution < 1.29 is 0 Å². The lowest BCUT2D eigenvalue weighted by Crippen LogP contribution is -2.31. The summed E-state index contributed by atoms with van der Waals surface area (Å²) in [6, 6.07) is 0.0583. The van der Waals surface area contributed by atoms with E-state index in [4.69, 9.17) is 5.84 Å². The lowest BCUT2D eigenvalue weighted by molar-refractivity contribution is 0.589. The molecule has 1 atom stereocenters. The molecule has 0 saturated carbocycles. The van der Waals surface area contributed by atoms with E-state index in [1.807, 2.05) is 11.8 Å². The van der Waals surface area contributed by atoms with Crippen molar-refractivity contribution in [2.75, 3.05) is 5.75 Å². The van der Waals surface area contributed by atoms with Gasteiger partial charge in [-0.15, -0.1) is 0 Å². The van der Waals surface area contributed by atoms with Crippen LogP contribution in [0, 0.1) is 0 Å². The Kier molecular flexibility index (Phi) is 4.50. The average molecular weight is 226 g/mol. The van der Waals surface area contributed by atoms with Gasteiger partial charge in [-0.05, 0) is 0 Å². The zero-order chi connectivity index (χ0) is 11.3. The standard InChI is InChI=1S/C10H18N4S/c1-10(2,3)15-7-9(14-11)8-6-12-4-5-13-8/h4-6,9,14H,7,11H2,1-3H3. The molecule has 4 nitrogen and oxygen atoms in total. The summed E-state index contributed by atoms with van der Waals surface area (Å²) < 4.78 is 0.233. The summed E-state index contributed by atoms with van der Waals surface area (Å²) in [6.45, 7) is 6.55. The molecule has 0 radical (unpaired) electrons. The predicted octanol–water partition coefficient (Wildman–Crippen LogP) is 1.51. The van der Waals surface area contributed by atoms with E-state index in [2.05, 4.69) is 36.2 Å². The minimum Gasteiger partial charge on any atom is -0.271 e. The first-order chi connectivity index (χ1) is 7.03. The van der Waals surface area contributed by atoms with Crippen LogP contribution in [0.2, 0.25) is 0 Å². The van der Waals surface area contributed by atoms with E-state index >= 15 is 0 Å². The summed E-state index contributed by atoms with van der Waals surface area (Å²) in [5.41, 5.74) is 3.65. The molecule has 15 heavy (non-hydrogen) atoms. The zero-order valence-electron chi connectivity index (χ0n) is 9.40. The lowest BCUT2D eigenvalue weighted by atomic mass is 10.2. The number of aromatic nitrogens is 2. The van der Waals surface area contributed by atoms with Gasteiger partial charge < -0.3 is 0 Å². The number of nitrogens with one attached hydrogen (secondary N) is 1. The Hall–Kier alpha value is -0.650. The summed E-state index contributed by atoms with van der Waals surface area (Å²) in [5.74, 6) is 6.39. The molecule has 0 aliphatic carbocycles. The molecule has 0 saturated heterocycles. The molecule has 0 aliphatic rings. The van der Waals surface area contributed by atoms with Crippen molar-refractivity contribution >= 4 is 11.8 Å². The van der Waals surface area contributed by atoms with Crippen LogP contribution in [-0.4, -0.2) is 20.5 Å². The Labute approximate surface area is 95.0 Å². The minimum absolute atomic E-state index is 0.0583. The van der Waals surface area contributed by atoms with Crippen LogP contribution in [-0.2, 0) is 0 Å². The van der Waals surface area contributed by atoms with E-state index < -0.39 is 0 Å². The maximum absolute atomic E-state index is 5.50. The van der Waals surface area contributed by atoms with Gasteiger partial charge >= 0.3 is 0 Å². The maximum Gasteiger partial charge on any atom is 0.0777 e. The Morgan fingerprint density at radius 1 is 1.47 bits per heavy atom. The van der Waals surface area contributed by atoms with Gasteiger partial charge in [0.1, 0.15) is 0 Å². The van der Waals surface area contributed by atoms with Crippen LogP contribution >= 0.6 is 11.8 Å². The Morgan fingerprint density at radius 3 is 2.67 bits per heavy atom. The summed E-state index contributed by atoms with van der Waals surface area (Å²) >= 11 is 1.85. The number of hydrogen-bond acceptors (Lipinski definition) is 5. The van der Waals surface area contributed by atoms with Gasteiger partial charge in [0.05, 0.1) is 17.9 Å². The van der Waals surface area contributed by atoms with Gasteiger partial charge in [-0.2, -0.15) is 11.8 Å². The zero-order valence-corrected chi connectivity index (χ0v) is 10.2. The number of nitrogens with two attached hydrogens (primary N) is 1. The molecule has 0 spiro atoms. The molecule has 0 amide bonds. The van der Waals surface area contributed by atoms with Crippen molar-refractivity contribution in [2.24, 2.45) is 5.84 Å². The molecule has 1 heterocycles. The van der Waals surface area contributed by atoms with Gasteiger partial charge in [-0.1, -0.05) is 20.8 Å². The molecule has 1 rings (SSSR count). The van der Waals surface area contributed by atoms with Gasteiger partial charge in [0.25, 0.3) is 0 Å². The highest BCUT2D eigenvalue weighted by Crippen LogP contribution is 2.27. The molecule has 5 heteroatoms. The van der Waals surface area contributed by atoms with Crippen molar-refractivity contribution in [1.82, 2.24) is 15.4 Å². The second-order valence-electron chi connectivity index (χ2n) is 4.27. The highest BCUT2D eigenvalue weighted by Gasteiger charge is 2.16. The Bertz CT molecular complexity index is 283. The van der Waals surface area contributed by atoms with Crippen LogP contribution in [0.4, 0.5) is 0 Å². The van der Waals surface area contributed by atoms with Gasteiger partial charge in [-0.3, -0.25) is 21.2 Å². The summed E-state index contributed by atoms with van der Waals surface area (Å²) in [5, 5.41) is 0. The highest BCUT2D eigenvalue weighted by atomic mass is 32.2. The monoisotopic (exact) mass is 226 g/mol. The van der Waals surface area contributed by atoms with Crippen molar-refractivity contribution in [3.63, 3.8) is 0 Å². The number of hydrazine groups is 1. The van der Waals surface area contributed by atoms with Crippen LogP contribution < -0.4 is 11.3 Å². The molecular formula is C10H18N4S. The average Bonchev–Trinajstić information content (AvgIpc) is 2.19. The van der Waals surface area contributed by atoms with Crippen LogP contribution in [0.3, 0.4) is 0 Å². The van der Waals surface area contributed by atoms with Crippen LogP contribution in [0.15, 0.2) is 18.6 Å². The molecule has 0 aromatic carbocycles. The largest absolute Gasteiger partial charge is 0.271 e. The smallest absolute Gasteiger partial charge is 0.0777 e. The second kappa shape index (κ2) is 5.44. The fourth-order valence-electron chi connectivity index (χ4n) is 1.04. The van der Waals surface area contributed by atoms with Crippen molar-refractivity contribution in [3.05, 3.63) is 24.3 Å². The van der Waals surface area contributed by atoms with Crippen LogP contribution in [0.25, 0.3) is 0 Å². The molecule has 3 N–H and O–H groups in total. The lowest BCUT2D eigenvalue weighted by Gasteiger charge is -2.21. The SMILES string of the molecule is CC(C)(C)SCC(NN)c1cnccn1. The predicted molar refractivity (Wildman–Crippen MR) is 64.3 cm³/mol. The molecular weight excluding hydrogens is 208 g/mol. The van der Waals surface area contributed by atoms with Crippen LogP contribution in [0.1, 0.15) is 32.5 Å². The molecule has 0 fully saturated rings. The van der Waals surface area contributed by atoms with E-state index in [9.17, 15) is 0 Å². The quantitative estimate of drug-likeness (QED) is 0.602. The summed E-state index contributed by atoms with van der Waals surface area (Å²) in [6.07, 6.45) is 5.09. The normalized spacial score (nSPS) is 13.9. The van der Waals surface area contributed by atoms with E-state index in [1.165, 1.54) is 0 Å². The van der Waals surface area contributed by atoms with Crippen molar-refractivity contribution in [1.29, 1.82) is 0 Å². The second-order valence-corrected chi connectivity index (χ2v) is 6.12. The third kappa shape index (κ3) is 4.59. The molecule has 0 bridgehead atoms. The Morgan fingerprint density at radius 2 is 2.20 bits per heavy atom. The molecule has 1 aromatic heterocycles. The van der Waals surface area contributed by atoms with Gasteiger partial charge in [0, 0.05) is 22.9 Å². The van der Waals surface area contributed by atoms with E-state index in [0.29, 0.717) is 0 Å². The fourth-order valence-corrected chi connectivity index (χ4v) is 1.98. The summed E-state index contributed by atoms with van der Waals surface area (Å²) in [7, 11) is 0. The van der Waals surface area contributed by atoms with Crippen molar-refractivity contribution in [3.8, 4) is 0 Å².